The van der Waals surface area contributed by atoms with Gasteiger partial charge in [0.1, 0.15) is 5.82 Å². The molecule has 0 aliphatic carbocycles. The van der Waals surface area contributed by atoms with Gasteiger partial charge in [0.2, 0.25) is 15.9 Å². The highest BCUT2D eigenvalue weighted by molar-refractivity contribution is 7.92. The van der Waals surface area contributed by atoms with Crippen LogP contribution in [0.1, 0.15) is 47.4 Å². The average Bonchev–Trinajstić information content (AvgIpc) is 3.35. The van der Waals surface area contributed by atoms with Crippen LogP contribution in [-0.2, 0) is 21.2 Å². The Balaban J connectivity index is 1.60. The summed E-state index contributed by atoms with van der Waals surface area (Å²) in [7, 11) is -3.81. The normalized spacial score (nSPS) is 16.1. The highest BCUT2D eigenvalue weighted by Gasteiger charge is 2.34. The number of halogens is 1. The highest BCUT2D eigenvalue weighted by Crippen LogP contribution is 2.38. The Morgan fingerprint density at radius 2 is 1.89 bits per heavy atom. The summed E-state index contributed by atoms with van der Waals surface area (Å²) in [5.41, 5.74) is 2.61. The number of carbonyl (C=O) groups is 1. The third kappa shape index (κ3) is 6.07. The van der Waals surface area contributed by atoms with Crippen molar-refractivity contribution < 1.29 is 17.6 Å². The second kappa shape index (κ2) is 11.3. The fourth-order valence-corrected chi connectivity index (χ4v) is 6.36. The molecule has 2 aromatic carbocycles. The third-order valence-corrected chi connectivity index (χ3v) is 8.64. The first kappa shape index (κ1) is 25.3. The largest absolute Gasteiger partial charge is 0.330 e. The van der Waals surface area contributed by atoms with E-state index in [1.807, 2.05) is 48.7 Å². The van der Waals surface area contributed by atoms with Gasteiger partial charge in [-0.3, -0.25) is 4.79 Å². The summed E-state index contributed by atoms with van der Waals surface area (Å²) in [6.07, 6.45) is 3.73. The van der Waals surface area contributed by atoms with Gasteiger partial charge in [-0.05, 0) is 59.2 Å². The summed E-state index contributed by atoms with van der Waals surface area (Å²) in [6, 6.07) is 17.0. The zero-order chi connectivity index (χ0) is 24.8. The van der Waals surface area contributed by atoms with E-state index in [-0.39, 0.29) is 30.9 Å². The number of fused-ring (bicyclic) bond motifs is 1. The van der Waals surface area contributed by atoms with E-state index in [0.29, 0.717) is 19.4 Å². The Bertz CT molecular complexity index is 1270. The summed E-state index contributed by atoms with van der Waals surface area (Å²) >= 11 is 1.65. The van der Waals surface area contributed by atoms with E-state index in [9.17, 15) is 17.6 Å². The monoisotopic (exact) mass is 512 g/mol. The molecule has 1 atom stereocenters. The van der Waals surface area contributed by atoms with Crippen LogP contribution in [0.2, 0.25) is 0 Å². The van der Waals surface area contributed by atoms with Crippen LogP contribution >= 0.6 is 11.3 Å². The molecule has 1 aromatic heterocycles. The van der Waals surface area contributed by atoms with Crippen LogP contribution < -0.4 is 0 Å². The molecule has 1 aliphatic rings. The summed E-state index contributed by atoms with van der Waals surface area (Å²) in [5.74, 6) is -0.598. The van der Waals surface area contributed by atoms with Crippen molar-refractivity contribution in [1.82, 2.24) is 9.21 Å². The van der Waals surface area contributed by atoms with Gasteiger partial charge in [-0.2, -0.15) is 4.31 Å². The Labute approximate surface area is 210 Å². The first-order chi connectivity index (χ1) is 16.9. The highest BCUT2D eigenvalue weighted by atomic mass is 32.2. The maximum atomic E-state index is 13.6. The van der Waals surface area contributed by atoms with Gasteiger partial charge in [-0.25, -0.2) is 12.8 Å². The Morgan fingerprint density at radius 3 is 2.60 bits per heavy atom. The van der Waals surface area contributed by atoms with Crippen LogP contribution in [0, 0.1) is 5.82 Å². The number of amides is 1. The maximum absolute atomic E-state index is 13.6. The molecule has 0 spiro atoms. The molecule has 3 aromatic rings. The van der Waals surface area contributed by atoms with E-state index in [0.717, 1.165) is 23.1 Å². The molecule has 0 bridgehead atoms. The number of unbranched alkanes of at least 4 members (excludes halogenated alkanes) is 1. The fraction of sp³-hybridized carbons (Fsp3) is 0.296. The number of benzene rings is 2. The van der Waals surface area contributed by atoms with Crippen LogP contribution in [-0.4, -0.2) is 43.2 Å². The predicted molar refractivity (Wildman–Crippen MR) is 139 cm³/mol. The van der Waals surface area contributed by atoms with E-state index in [1.165, 1.54) is 26.7 Å². The quantitative estimate of drug-likeness (QED) is 0.382. The molecule has 8 heteroatoms. The van der Waals surface area contributed by atoms with Gasteiger partial charge in [0.25, 0.3) is 0 Å². The molecule has 0 N–H and O–H groups in total. The van der Waals surface area contributed by atoms with Gasteiger partial charge in [-0.1, -0.05) is 55.8 Å². The number of thiophene rings is 1. The molecule has 2 heterocycles. The number of nitrogens with zero attached hydrogens (tertiary/aromatic N) is 2. The van der Waals surface area contributed by atoms with Crippen LogP contribution in [0.4, 0.5) is 4.39 Å². The van der Waals surface area contributed by atoms with Crippen molar-refractivity contribution in [3.05, 3.63) is 98.8 Å². The number of hydrogen-bond acceptors (Lipinski definition) is 4. The minimum Gasteiger partial charge on any atom is -0.330 e. The predicted octanol–water partition coefficient (Wildman–Crippen LogP) is 5.46. The minimum absolute atomic E-state index is 0.237. The van der Waals surface area contributed by atoms with Gasteiger partial charge in [0, 0.05) is 23.4 Å². The molecule has 35 heavy (non-hydrogen) atoms. The smallest absolute Gasteiger partial charge is 0.238 e. The topological polar surface area (TPSA) is 57.7 Å². The van der Waals surface area contributed by atoms with Crippen LogP contribution in [0.15, 0.2) is 71.5 Å². The van der Waals surface area contributed by atoms with Crippen LogP contribution in [0.3, 0.4) is 0 Å². The molecular formula is C27H29FN2O3S2. The standard InChI is InChI=1S/C27H29FN2O3S2/c1-2-3-16-29(35(32,33)19-15-21-7-5-4-6-8-21)20-26(31)30-17-13-25-24(14-18-34-25)27(30)22-9-11-23(28)12-10-22/h4-12,14-15,18-19,27H,2-3,13,16-17,20H2,1H3. The SMILES string of the molecule is CCCCN(CC(=O)N1CCc2sccc2C1c1ccc(F)cc1)S(=O)(=O)C=Cc1ccccc1. The second-order valence-electron chi connectivity index (χ2n) is 8.54. The number of hydrogen-bond donors (Lipinski definition) is 0. The molecule has 1 amide bonds. The van der Waals surface area contributed by atoms with E-state index >= 15 is 0 Å². The van der Waals surface area contributed by atoms with Gasteiger partial charge < -0.3 is 4.90 Å². The number of sulfonamides is 1. The van der Waals surface area contributed by atoms with E-state index in [4.69, 9.17) is 0 Å². The lowest BCUT2D eigenvalue weighted by Crippen LogP contribution is -2.46. The number of rotatable bonds is 9. The molecule has 1 unspecified atom stereocenters. The fourth-order valence-electron chi connectivity index (χ4n) is 4.28. The molecule has 0 radical (unpaired) electrons. The summed E-state index contributed by atoms with van der Waals surface area (Å²) < 4.78 is 41.3. The van der Waals surface area contributed by atoms with Gasteiger partial charge in [-0.15, -0.1) is 11.3 Å². The lowest BCUT2D eigenvalue weighted by molar-refractivity contribution is -0.133. The van der Waals surface area contributed by atoms with E-state index < -0.39 is 10.0 Å². The zero-order valence-electron chi connectivity index (χ0n) is 19.6. The van der Waals surface area contributed by atoms with E-state index in [1.54, 1.807) is 34.4 Å². The van der Waals surface area contributed by atoms with Gasteiger partial charge in [0.15, 0.2) is 0 Å². The lowest BCUT2D eigenvalue weighted by Gasteiger charge is -2.37. The van der Waals surface area contributed by atoms with Crippen molar-refractivity contribution in [2.75, 3.05) is 19.6 Å². The third-order valence-electron chi connectivity index (χ3n) is 6.14. The average molecular weight is 513 g/mol. The Morgan fingerprint density at radius 1 is 1.14 bits per heavy atom. The van der Waals surface area contributed by atoms with Crippen molar-refractivity contribution in [2.45, 2.75) is 32.2 Å². The van der Waals surface area contributed by atoms with Crippen LogP contribution in [0.25, 0.3) is 6.08 Å². The first-order valence-corrected chi connectivity index (χ1v) is 14.1. The lowest BCUT2D eigenvalue weighted by atomic mass is 9.93. The molecule has 4 rings (SSSR count). The van der Waals surface area contributed by atoms with Crippen molar-refractivity contribution in [1.29, 1.82) is 0 Å². The molecule has 184 valence electrons. The van der Waals surface area contributed by atoms with Crippen LogP contribution in [0.5, 0.6) is 0 Å². The van der Waals surface area contributed by atoms with Crippen molar-refractivity contribution in [3.8, 4) is 0 Å². The van der Waals surface area contributed by atoms with E-state index in [2.05, 4.69) is 0 Å². The Kier molecular flexibility index (Phi) is 8.15. The minimum atomic E-state index is -3.81. The van der Waals surface area contributed by atoms with Gasteiger partial charge in [0.05, 0.1) is 12.6 Å². The molecule has 1 aliphatic heterocycles. The van der Waals surface area contributed by atoms with Gasteiger partial charge >= 0.3 is 0 Å². The molecule has 0 saturated carbocycles. The van der Waals surface area contributed by atoms with Crippen molar-refractivity contribution in [3.63, 3.8) is 0 Å². The number of carbonyl (C=O) groups excluding carboxylic acids is 1. The second-order valence-corrected chi connectivity index (χ2v) is 11.4. The molecule has 0 fully saturated rings. The molecule has 0 saturated heterocycles. The van der Waals surface area contributed by atoms with Crippen molar-refractivity contribution in [2.24, 2.45) is 0 Å². The summed E-state index contributed by atoms with van der Waals surface area (Å²) in [5, 5.41) is 3.18. The summed E-state index contributed by atoms with van der Waals surface area (Å²) in [4.78, 5) is 16.5. The molecule has 5 nitrogen and oxygen atoms in total. The Hall–Kier alpha value is -2.81. The molecular weight excluding hydrogens is 483 g/mol. The summed E-state index contributed by atoms with van der Waals surface area (Å²) in [6.45, 7) is 2.50. The van der Waals surface area contributed by atoms with Crippen molar-refractivity contribution >= 4 is 33.3 Å². The first-order valence-electron chi connectivity index (χ1n) is 11.7. The zero-order valence-corrected chi connectivity index (χ0v) is 21.3. The maximum Gasteiger partial charge on any atom is 0.238 e.